The Morgan fingerprint density at radius 2 is 1.88 bits per heavy atom. The molecule has 0 fully saturated rings. The standard InChI is InChI=1S/C19H19FN4O/c1-3-14-17(20)19(23-12-22-14)24-18(15-9-6-7-11-21-15)13-8-4-5-10-16(13)25-2/h4-12,18H,3H2,1-2H3,(H,22,23,24)/t18-/m1/s1. The fraction of sp³-hybridized carbons (Fsp3) is 0.211. The lowest BCUT2D eigenvalue weighted by Gasteiger charge is -2.22. The van der Waals surface area contributed by atoms with Crippen molar-refractivity contribution in [2.24, 2.45) is 0 Å². The number of benzene rings is 1. The number of para-hydroxylation sites is 1. The number of nitrogens with one attached hydrogen (secondary N) is 1. The number of aryl methyl sites for hydroxylation is 1. The zero-order chi connectivity index (χ0) is 17.6. The predicted molar refractivity (Wildman–Crippen MR) is 94.1 cm³/mol. The van der Waals surface area contributed by atoms with Crippen molar-refractivity contribution in [3.05, 3.63) is 77.8 Å². The lowest BCUT2D eigenvalue weighted by Crippen LogP contribution is -2.17. The van der Waals surface area contributed by atoms with Crippen LogP contribution < -0.4 is 10.1 Å². The number of nitrogens with zero attached hydrogens (tertiary/aromatic N) is 3. The molecule has 5 nitrogen and oxygen atoms in total. The van der Waals surface area contributed by atoms with Crippen LogP contribution in [0.3, 0.4) is 0 Å². The third-order valence-electron chi connectivity index (χ3n) is 3.91. The lowest BCUT2D eigenvalue weighted by molar-refractivity contribution is 0.408. The highest BCUT2D eigenvalue weighted by molar-refractivity contribution is 5.48. The molecular formula is C19H19FN4O. The molecule has 0 unspecified atom stereocenters. The van der Waals surface area contributed by atoms with Gasteiger partial charge in [-0.1, -0.05) is 31.2 Å². The van der Waals surface area contributed by atoms with Crippen LogP contribution in [0.5, 0.6) is 5.75 Å². The Labute approximate surface area is 145 Å². The first-order chi connectivity index (χ1) is 12.2. The van der Waals surface area contributed by atoms with Gasteiger partial charge in [0.05, 0.1) is 24.5 Å². The average molecular weight is 338 g/mol. The van der Waals surface area contributed by atoms with Crippen LogP contribution in [-0.2, 0) is 6.42 Å². The van der Waals surface area contributed by atoms with E-state index < -0.39 is 11.9 Å². The Balaban J connectivity index is 2.07. The number of halogens is 1. The van der Waals surface area contributed by atoms with Gasteiger partial charge in [0.15, 0.2) is 11.6 Å². The van der Waals surface area contributed by atoms with Crippen LogP contribution in [0.25, 0.3) is 0 Å². The van der Waals surface area contributed by atoms with Crippen LogP contribution in [0.15, 0.2) is 55.0 Å². The number of hydrogen-bond donors (Lipinski definition) is 1. The first kappa shape index (κ1) is 16.8. The van der Waals surface area contributed by atoms with E-state index in [2.05, 4.69) is 20.3 Å². The number of pyridine rings is 1. The second kappa shape index (κ2) is 7.70. The van der Waals surface area contributed by atoms with Crippen molar-refractivity contribution < 1.29 is 9.13 Å². The lowest BCUT2D eigenvalue weighted by atomic mass is 10.0. The second-order valence-corrected chi connectivity index (χ2v) is 5.41. The minimum atomic E-state index is -0.444. The zero-order valence-corrected chi connectivity index (χ0v) is 14.1. The Kier molecular flexibility index (Phi) is 5.18. The van der Waals surface area contributed by atoms with Crippen LogP contribution in [0.4, 0.5) is 10.2 Å². The van der Waals surface area contributed by atoms with E-state index >= 15 is 0 Å². The number of methoxy groups -OCH3 is 1. The molecule has 3 aromatic rings. The number of hydrogen-bond acceptors (Lipinski definition) is 5. The monoisotopic (exact) mass is 338 g/mol. The molecule has 0 bridgehead atoms. The summed E-state index contributed by atoms with van der Waals surface area (Å²) in [4.78, 5) is 12.5. The van der Waals surface area contributed by atoms with E-state index in [1.807, 2.05) is 49.4 Å². The summed E-state index contributed by atoms with van der Waals surface area (Å²) in [5.41, 5.74) is 1.96. The molecule has 0 saturated carbocycles. The molecule has 0 aliphatic carbocycles. The molecule has 0 radical (unpaired) electrons. The normalized spacial score (nSPS) is 11.8. The topological polar surface area (TPSA) is 59.9 Å². The summed E-state index contributed by atoms with van der Waals surface area (Å²) in [6, 6.07) is 12.8. The molecule has 2 heterocycles. The number of anilines is 1. The smallest absolute Gasteiger partial charge is 0.186 e. The first-order valence-corrected chi connectivity index (χ1v) is 8.04. The highest BCUT2D eigenvalue weighted by Crippen LogP contribution is 2.32. The molecular weight excluding hydrogens is 319 g/mol. The van der Waals surface area contributed by atoms with Gasteiger partial charge >= 0.3 is 0 Å². The van der Waals surface area contributed by atoms with E-state index in [-0.39, 0.29) is 5.82 Å². The summed E-state index contributed by atoms with van der Waals surface area (Å²) in [7, 11) is 1.61. The number of aromatic nitrogens is 3. The van der Waals surface area contributed by atoms with Crippen LogP contribution in [-0.4, -0.2) is 22.1 Å². The summed E-state index contributed by atoms with van der Waals surface area (Å²) >= 11 is 0. The van der Waals surface area contributed by atoms with Crippen LogP contribution in [0, 0.1) is 5.82 Å². The predicted octanol–water partition coefficient (Wildman–Crippen LogP) is 3.78. The second-order valence-electron chi connectivity index (χ2n) is 5.41. The molecule has 0 aliphatic heterocycles. The molecule has 25 heavy (non-hydrogen) atoms. The highest BCUT2D eigenvalue weighted by atomic mass is 19.1. The molecule has 0 aliphatic rings. The van der Waals surface area contributed by atoms with Gasteiger partial charge in [-0.05, 0) is 24.6 Å². The van der Waals surface area contributed by atoms with Gasteiger partial charge in [-0.3, -0.25) is 4.98 Å². The van der Waals surface area contributed by atoms with Crippen molar-refractivity contribution >= 4 is 5.82 Å². The van der Waals surface area contributed by atoms with Crippen LogP contribution >= 0.6 is 0 Å². The molecule has 1 N–H and O–H groups in total. The van der Waals surface area contributed by atoms with Crippen molar-refractivity contribution in [1.82, 2.24) is 15.0 Å². The Morgan fingerprint density at radius 1 is 1.08 bits per heavy atom. The molecule has 0 spiro atoms. The molecule has 128 valence electrons. The number of ether oxygens (including phenoxy) is 1. The van der Waals surface area contributed by atoms with E-state index in [4.69, 9.17) is 4.74 Å². The van der Waals surface area contributed by atoms with Crippen molar-refractivity contribution in [2.75, 3.05) is 12.4 Å². The fourth-order valence-corrected chi connectivity index (χ4v) is 2.65. The largest absolute Gasteiger partial charge is 0.496 e. The Bertz CT molecular complexity index is 842. The summed E-state index contributed by atoms with van der Waals surface area (Å²) in [6.07, 6.45) is 3.56. The van der Waals surface area contributed by atoms with Gasteiger partial charge in [-0.2, -0.15) is 0 Å². The molecule has 6 heteroatoms. The maximum Gasteiger partial charge on any atom is 0.186 e. The summed E-state index contributed by atoms with van der Waals surface area (Å²) < 4.78 is 20.1. The Morgan fingerprint density at radius 3 is 2.60 bits per heavy atom. The maximum atomic E-state index is 14.6. The minimum absolute atomic E-state index is 0.147. The fourth-order valence-electron chi connectivity index (χ4n) is 2.65. The summed E-state index contributed by atoms with van der Waals surface area (Å²) in [6.45, 7) is 1.85. The average Bonchev–Trinajstić information content (AvgIpc) is 2.68. The third-order valence-corrected chi connectivity index (χ3v) is 3.91. The van der Waals surface area contributed by atoms with Gasteiger partial charge in [0.25, 0.3) is 0 Å². The molecule has 0 amide bonds. The van der Waals surface area contributed by atoms with Crippen molar-refractivity contribution in [2.45, 2.75) is 19.4 Å². The van der Waals surface area contributed by atoms with Gasteiger partial charge in [0.2, 0.25) is 0 Å². The van der Waals surface area contributed by atoms with Gasteiger partial charge < -0.3 is 10.1 Å². The zero-order valence-electron chi connectivity index (χ0n) is 14.1. The summed E-state index contributed by atoms with van der Waals surface area (Å²) in [5, 5.41) is 3.16. The van der Waals surface area contributed by atoms with E-state index in [9.17, 15) is 4.39 Å². The van der Waals surface area contributed by atoms with E-state index in [1.54, 1.807) is 13.3 Å². The Hall–Kier alpha value is -3.02. The third kappa shape index (κ3) is 3.57. The van der Waals surface area contributed by atoms with Gasteiger partial charge in [-0.25, -0.2) is 14.4 Å². The first-order valence-electron chi connectivity index (χ1n) is 8.04. The van der Waals surface area contributed by atoms with Gasteiger partial charge in [-0.15, -0.1) is 0 Å². The van der Waals surface area contributed by atoms with Crippen LogP contribution in [0.1, 0.15) is 29.9 Å². The SMILES string of the molecule is CCc1ncnc(N[C@@H](c2ccccn2)c2ccccc2OC)c1F. The highest BCUT2D eigenvalue weighted by Gasteiger charge is 2.22. The van der Waals surface area contributed by atoms with Crippen LogP contribution in [0.2, 0.25) is 0 Å². The van der Waals surface area contributed by atoms with Crippen molar-refractivity contribution in [3.8, 4) is 5.75 Å². The van der Waals surface area contributed by atoms with Crippen molar-refractivity contribution in [3.63, 3.8) is 0 Å². The molecule has 1 atom stereocenters. The summed E-state index contributed by atoms with van der Waals surface area (Å²) in [5.74, 6) is 0.394. The molecule has 0 saturated heterocycles. The quantitative estimate of drug-likeness (QED) is 0.741. The molecule has 2 aromatic heterocycles. The molecule has 1 aromatic carbocycles. The van der Waals surface area contributed by atoms with Gasteiger partial charge in [0.1, 0.15) is 12.1 Å². The molecule has 3 rings (SSSR count). The van der Waals surface area contributed by atoms with Gasteiger partial charge in [0, 0.05) is 11.8 Å². The maximum absolute atomic E-state index is 14.6. The van der Waals surface area contributed by atoms with E-state index in [1.165, 1.54) is 6.33 Å². The van der Waals surface area contributed by atoms with E-state index in [0.29, 0.717) is 17.9 Å². The number of rotatable bonds is 6. The van der Waals surface area contributed by atoms with Crippen molar-refractivity contribution in [1.29, 1.82) is 0 Å². The minimum Gasteiger partial charge on any atom is -0.496 e. The van der Waals surface area contributed by atoms with E-state index in [0.717, 1.165) is 11.3 Å².